The summed E-state index contributed by atoms with van der Waals surface area (Å²) in [6, 6.07) is 6.69. The fraction of sp³-hybridized carbons (Fsp3) is 0.345. The Labute approximate surface area is 240 Å². The van der Waals surface area contributed by atoms with Gasteiger partial charge in [0, 0.05) is 48.3 Å². The lowest BCUT2D eigenvalue weighted by atomic mass is 9.89. The molecule has 8 nitrogen and oxygen atoms in total. The van der Waals surface area contributed by atoms with Crippen LogP contribution < -0.4 is 10.9 Å². The second kappa shape index (κ2) is 12.1. The molecule has 1 amide bonds. The van der Waals surface area contributed by atoms with Crippen LogP contribution in [0.25, 0.3) is 11.1 Å². The number of sulfone groups is 1. The molecular weight excluding hydrogens is 580 g/mol. The SMILES string of the molecule is CCS(=O)(=O)Cc1ccc(C(=O)c2ccc(F)cc2C(F)(F)F)c(-c2cn(C)c(=O)cc2CNC(=O)OC(C)(C)C)c1. The van der Waals surface area contributed by atoms with Crippen LogP contribution in [0, 0.1) is 5.82 Å². The molecule has 0 aliphatic rings. The average molecular weight is 611 g/mol. The molecule has 0 saturated heterocycles. The highest BCUT2D eigenvalue weighted by Crippen LogP contribution is 2.36. The predicted molar refractivity (Wildman–Crippen MR) is 148 cm³/mol. The highest BCUT2D eigenvalue weighted by molar-refractivity contribution is 7.90. The van der Waals surface area contributed by atoms with E-state index in [4.69, 9.17) is 4.74 Å². The van der Waals surface area contributed by atoms with Crippen molar-refractivity contribution in [2.45, 2.75) is 51.8 Å². The predicted octanol–water partition coefficient (Wildman–Crippen LogP) is 5.40. The number of aryl methyl sites for hydroxylation is 1. The molecule has 1 aromatic heterocycles. The van der Waals surface area contributed by atoms with Crippen LogP contribution in [0.5, 0.6) is 0 Å². The van der Waals surface area contributed by atoms with E-state index in [1.807, 2.05) is 0 Å². The Morgan fingerprint density at radius 3 is 2.21 bits per heavy atom. The molecule has 1 heterocycles. The number of alkyl carbamates (subject to hydrolysis) is 1. The summed E-state index contributed by atoms with van der Waals surface area (Å²) in [4.78, 5) is 38.5. The third-order valence-corrected chi connectivity index (χ3v) is 7.77. The minimum Gasteiger partial charge on any atom is -0.444 e. The molecule has 0 aliphatic carbocycles. The Hall–Kier alpha value is -4.00. The van der Waals surface area contributed by atoms with E-state index in [1.165, 1.54) is 44.4 Å². The van der Waals surface area contributed by atoms with Crippen molar-refractivity contribution in [2.24, 2.45) is 7.05 Å². The number of aromatic nitrogens is 1. The summed E-state index contributed by atoms with van der Waals surface area (Å²) in [5.41, 5.74) is -3.29. The van der Waals surface area contributed by atoms with Crippen LogP contribution in [0.2, 0.25) is 0 Å². The first kappa shape index (κ1) is 32.5. The molecule has 42 heavy (non-hydrogen) atoms. The first-order valence-electron chi connectivity index (χ1n) is 12.7. The van der Waals surface area contributed by atoms with Gasteiger partial charge >= 0.3 is 12.3 Å². The normalized spacial score (nSPS) is 12.2. The summed E-state index contributed by atoms with van der Waals surface area (Å²) in [5.74, 6) is -2.90. The van der Waals surface area contributed by atoms with Crippen LogP contribution in [0.3, 0.4) is 0 Å². The smallest absolute Gasteiger partial charge is 0.417 e. The van der Waals surface area contributed by atoms with Crippen LogP contribution >= 0.6 is 0 Å². The lowest BCUT2D eigenvalue weighted by molar-refractivity contribution is -0.138. The topological polar surface area (TPSA) is 112 Å². The van der Waals surface area contributed by atoms with Crippen LogP contribution in [-0.4, -0.2) is 36.2 Å². The summed E-state index contributed by atoms with van der Waals surface area (Å²) in [5, 5.41) is 2.51. The summed E-state index contributed by atoms with van der Waals surface area (Å²) in [6.07, 6.45) is -4.54. The second-order valence-corrected chi connectivity index (χ2v) is 12.9. The van der Waals surface area contributed by atoms with E-state index < -0.39 is 61.7 Å². The minimum atomic E-state index is -5.05. The number of ether oxygens (including phenoxy) is 1. The molecule has 0 aliphatic heterocycles. The molecule has 0 fully saturated rings. The minimum absolute atomic E-state index is 0.0119. The molecule has 226 valence electrons. The first-order valence-corrected chi connectivity index (χ1v) is 14.5. The number of ketones is 1. The molecule has 0 radical (unpaired) electrons. The number of nitrogens with zero attached hydrogens (tertiary/aromatic N) is 1. The quantitative estimate of drug-likeness (QED) is 0.270. The molecule has 2 aromatic carbocycles. The number of hydrogen-bond donors (Lipinski definition) is 1. The van der Waals surface area contributed by atoms with E-state index in [1.54, 1.807) is 20.8 Å². The summed E-state index contributed by atoms with van der Waals surface area (Å²) >= 11 is 0. The van der Waals surface area contributed by atoms with Gasteiger partial charge in [-0.3, -0.25) is 9.59 Å². The number of benzene rings is 2. The fourth-order valence-corrected chi connectivity index (χ4v) is 4.98. The Morgan fingerprint density at radius 2 is 1.62 bits per heavy atom. The highest BCUT2D eigenvalue weighted by Gasteiger charge is 2.36. The molecule has 0 unspecified atom stereocenters. The molecular formula is C29H30F4N2O6S. The monoisotopic (exact) mass is 610 g/mol. The molecule has 3 rings (SSSR count). The maximum absolute atomic E-state index is 13.8. The molecule has 1 N–H and O–H groups in total. The highest BCUT2D eigenvalue weighted by atomic mass is 32.2. The number of nitrogens with one attached hydrogen (secondary N) is 1. The summed E-state index contributed by atoms with van der Waals surface area (Å²) in [6.45, 7) is 6.13. The van der Waals surface area contributed by atoms with Gasteiger partial charge in [-0.1, -0.05) is 19.1 Å². The van der Waals surface area contributed by atoms with Crippen molar-refractivity contribution < 1.29 is 40.3 Å². The third-order valence-electron chi connectivity index (χ3n) is 6.11. The van der Waals surface area contributed by atoms with E-state index in [0.29, 0.717) is 0 Å². The van der Waals surface area contributed by atoms with Gasteiger partial charge in [-0.2, -0.15) is 13.2 Å². The first-order chi connectivity index (χ1) is 19.3. The Morgan fingerprint density at radius 1 is 0.976 bits per heavy atom. The van der Waals surface area contributed by atoms with Crippen molar-refractivity contribution in [3.05, 3.63) is 92.6 Å². The number of amides is 1. The van der Waals surface area contributed by atoms with Crippen molar-refractivity contribution in [3.63, 3.8) is 0 Å². The number of hydrogen-bond acceptors (Lipinski definition) is 6. The third kappa shape index (κ3) is 8.05. The fourth-order valence-electron chi connectivity index (χ4n) is 4.09. The van der Waals surface area contributed by atoms with E-state index >= 15 is 0 Å². The molecule has 0 atom stereocenters. The standard InChI is InChI=1S/C29H30F4N2O6S/c1-6-42(39,40)16-17-7-9-20(26(37)21-10-8-19(30)13-24(21)29(31,32)33)22(11-17)23-15-35(5)25(36)12-18(23)14-34-27(38)41-28(2,3)4/h7-13,15H,6,14,16H2,1-5H3,(H,34,38). The van der Waals surface area contributed by atoms with Gasteiger partial charge in [-0.05, 0) is 61.7 Å². The number of rotatable bonds is 8. The number of carbonyl (C=O) groups is 2. The molecule has 0 spiro atoms. The number of carbonyl (C=O) groups excluding carboxylic acids is 2. The van der Waals surface area contributed by atoms with Gasteiger partial charge in [-0.15, -0.1) is 0 Å². The van der Waals surface area contributed by atoms with Crippen molar-refractivity contribution in [3.8, 4) is 11.1 Å². The van der Waals surface area contributed by atoms with Crippen LogP contribution in [0.1, 0.15) is 60.3 Å². The van der Waals surface area contributed by atoms with Crippen molar-refractivity contribution >= 4 is 21.7 Å². The van der Waals surface area contributed by atoms with Gasteiger partial charge in [-0.25, -0.2) is 17.6 Å². The number of alkyl halides is 3. The molecule has 3 aromatic rings. The van der Waals surface area contributed by atoms with Crippen LogP contribution in [0.4, 0.5) is 22.4 Å². The second-order valence-electron chi connectivity index (χ2n) is 10.6. The van der Waals surface area contributed by atoms with Gasteiger partial charge in [0.25, 0.3) is 5.56 Å². The van der Waals surface area contributed by atoms with Crippen molar-refractivity contribution in [2.75, 3.05) is 5.75 Å². The van der Waals surface area contributed by atoms with Gasteiger partial charge in [0.15, 0.2) is 15.6 Å². The van der Waals surface area contributed by atoms with E-state index in [9.17, 15) is 40.4 Å². The Kier molecular flexibility index (Phi) is 9.35. The largest absolute Gasteiger partial charge is 0.444 e. The zero-order valence-corrected chi connectivity index (χ0v) is 24.4. The van der Waals surface area contributed by atoms with Crippen molar-refractivity contribution in [1.29, 1.82) is 0 Å². The van der Waals surface area contributed by atoms with Gasteiger partial charge in [0.2, 0.25) is 0 Å². The number of halogens is 4. The van der Waals surface area contributed by atoms with Crippen LogP contribution in [0.15, 0.2) is 53.5 Å². The van der Waals surface area contributed by atoms with Gasteiger partial charge in [0.05, 0.1) is 11.3 Å². The molecule has 13 heteroatoms. The Bertz CT molecular complexity index is 1690. The summed E-state index contributed by atoms with van der Waals surface area (Å²) in [7, 11) is -2.15. The van der Waals surface area contributed by atoms with Crippen LogP contribution in [-0.2, 0) is 40.1 Å². The Balaban J connectivity index is 2.26. The molecule has 0 bridgehead atoms. The van der Waals surface area contributed by atoms with Gasteiger partial charge in [0.1, 0.15) is 11.4 Å². The van der Waals surface area contributed by atoms with E-state index in [-0.39, 0.29) is 46.2 Å². The number of pyridine rings is 1. The molecule has 0 saturated carbocycles. The zero-order valence-electron chi connectivity index (χ0n) is 23.6. The van der Waals surface area contributed by atoms with Gasteiger partial charge < -0.3 is 14.6 Å². The van der Waals surface area contributed by atoms with E-state index in [2.05, 4.69) is 5.32 Å². The zero-order chi connectivity index (χ0) is 31.6. The lowest BCUT2D eigenvalue weighted by Gasteiger charge is -2.21. The maximum atomic E-state index is 13.8. The van der Waals surface area contributed by atoms with Crippen molar-refractivity contribution in [1.82, 2.24) is 9.88 Å². The van der Waals surface area contributed by atoms with E-state index in [0.717, 1.165) is 16.7 Å². The lowest BCUT2D eigenvalue weighted by Crippen LogP contribution is -2.32. The maximum Gasteiger partial charge on any atom is 0.417 e. The average Bonchev–Trinajstić information content (AvgIpc) is 2.87. The summed E-state index contributed by atoms with van der Waals surface area (Å²) < 4.78 is 86.3.